The molecule has 3 heterocycles. The van der Waals surface area contributed by atoms with E-state index in [1.807, 2.05) is 35.1 Å². The molecule has 7 aromatic rings. The van der Waals surface area contributed by atoms with Crippen LogP contribution in [0.1, 0.15) is 97.7 Å². The smallest absolute Gasteiger partial charge is 0.509 e. The van der Waals surface area contributed by atoms with E-state index in [0.717, 1.165) is 52.2 Å². The fourth-order valence-corrected chi connectivity index (χ4v) is 7.52. The third-order valence-electron chi connectivity index (χ3n) is 11.1. The van der Waals surface area contributed by atoms with Crippen molar-refractivity contribution in [2.45, 2.75) is 93.4 Å². The summed E-state index contributed by atoms with van der Waals surface area (Å²) in [4.78, 5) is 4.91. The summed E-state index contributed by atoms with van der Waals surface area (Å²) in [5, 5.41) is 7.40. The van der Waals surface area contributed by atoms with Crippen molar-refractivity contribution in [1.29, 1.82) is 0 Å². The van der Waals surface area contributed by atoms with Gasteiger partial charge in [0.1, 0.15) is 5.82 Å². The summed E-state index contributed by atoms with van der Waals surface area (Å²) in [5.74, 6) is 3.00. The van der Waals surface area contributed by atoms with E-state index in [1.54, 1.807) is 0 Å². The number of benzene rings is 4. The second kappa shape index (κ2) is 15.3. The first-order valence-corrected chi connectivity index (χ1v) is 19.1. The molecule has 0 bridgehead atoms. The molecule has 280 valence electrons. The Morgan fingerprint density at radius 1 is 0.759 bits per heavy atom. The van der Waals surface area contributed by atoms with Gasteiger partial charge in [0.25, 0.3) is 0 Å². The number of rotatable bonds is 9. The molecule has 2 atom stereocenters. The maximum atomic E-state index is 6.58. The molecule has 7 rings (SSSR count). The van der Waals surface area contributed by atoms with Gasteiger partial charge in [0.15, 0.2) is 0 Å². The van der Waals surface area contributed by atoms with E-state index in [1.165, 1.54) is 27.6 Å². The minimum Gasteiger partial charge on any atom is -0.509 e. The van der Waals surface area contributed by atoms with E-state index >= 15 is 0 Å². The molecule has 0 spiro atoms. The maximum absolute atomic E-state index is 6.58. The second-order valence-electron chi connectivity index (χ2n) is 16.5. The molecule has 6 heteroatoms. The summed E-state index contributed by atoms with van der Waals surface area (Å²) < 4.78 is 10.9. The van der Waals surface area contributed by atoms with Gasteiger partial charge >= 0.3 is 21.1 Å². The van der Waals surface area contributed by atoms with E-state index in [2.05, 4.69) is 153 Å². The predicted molar refractivity (Wildman–Crippen MR) is 220 cm³/mol. The molecule has 0 radical (unpaired) electrons. The summed E-state index contributed by atoms with van der Waals surface area (Å²) in [6.45, 7) is 22.8. The third kappa shape index (κ3) is 7.45. The van der Waals surface area contributed by atoms with Crippen molar-refractivity contribution in [2.75, 3.05) is 0 Å². The van der Waals surface area contributed by atoms with E-state index in [4.69, 9.17) is 14.8 Å². The van der Waals surface area contributed by atoms with Crippen molar-refractivity contribution >= 4 is 21.8 Å². The number of hydrogen-bond donors (Lipinski definition) is 0. The molecule has 0 aliphatic heterocycles. The molecule has 3 aromatic heterocycles. The van der Waals surface area contributed by atoms with Crippen LogP contribution in [-0.4, -0.2) is 19.3 Å². The van der Waals surface area contributed by atoms with Gasteiger partial charge in [0.05, 0.1) is 5.69 Å². The molecule has 0 amide bonds. The van der Waals surface area contributed by atoms with Crippen LogP contribution in [0.15, 0.2) is 97.2 Å². The van der Waals surface area contributed by atoms with Crippen LogP contribution in [0.4, 0.5) is 0 Å². The molecular weight excluding hydrogens is 844 g/mol. The molecule has 0 aliphatic rings. The molecule has 0 N–H and O–H groups in total. The first-order chi connectivity index (χ1) is 25.3. The zero-order valence-corrected chi connectivity index (χ0v) is 35.6. The van der Waals surface area contributed by atoms with Crippen molar-refractivity contribution in [3.8, 4) is 34.1 Å². The molecule has 0 saturated carbocycles. The van der Waals surface area contributed by atoms with Crippen LogP contribution in [0.3, 0.4) is 0 Å². The summed E-state index contributed by atoms with van der Waals surface area (Å²) in [5.41, 5.74) is 10.3. The van der Waals surface area contributed by atoms with E-state index in [-0.39, 0.29) is 31.9 Å². The second-order valence-corrected chi connectivity index (χ2v) is 16.5. The van der Waals surface area contributed by atoms with Gasteiger partial charge in [-0.15, -0.1) is 35.7 Å². The van der Waals surface area contributed by atoms with Crippen LogP contribution in [0.5, 0.6) is 11.5 Å². The van der Waals surface area contributed by atoms with Crippen LogP contribution >= 0.6 is 0 Å². The predicted octanol–water partition coefficient (Wildman–Crippen LogP) is 12.6. The zero-order valence-electron chi connectivity index (χ0n) is 33.3. The van der Waals surface area contributed by atoms with Gasteiger partial charge in [-0.3, -0.25) is 4.68 Å². The minimum atomic E-state index is -0.0209. The van der Waals surface area contributed by atoms with Gasteiger partial charge in [0, 0.05) is 34.5 Å². The quantitative estimate of drug-likeness (QED) is 0.136. The van der Waals surface area contributed by atoms with Crippen LogP contribution in [0.2, 0.25) is 0 Å². The number of ether oxygens (including phenoxy) is 1. The number of aryl methyl sites for hydroxylation is 1. The standard InChI is InChI=1S/C48H52N4O.Pt/c1-11-41-46(33-17-14-13-15-18-33)42(12-2)52(50-41)36-19-16-20-37(29-36)53-38-22-23-39-40-27-34(31(3)32(4)47(5,6)7)21-24-43(40)51(44(39)30-38)45-28-35(25-26-49-45)48(8,9)10;/h13-28,31-32H,11-12H2,1-10H3;/q-2;+2. The molecule has 4 aromatic carbocycles. The normalized spacial score (nSPS) is 13.2. The van der Waals surface area contributed by atoms with Gasteiger partial charge in [-0.05, 0) is 81.5 Å². The van der Waals surface area contributed by atoms with Crippen LogP contribution in [0.25, 0.3) is 44.4 Å². The molecule has 54 heavy (non-hydrogen) atoms. The molecule has 0 aliphatic carbocycles. The molecular formula is C48H52N4OPt. The minimum absolute atomic E-state index is 0. The monoisotopic (exact) mass is 895 g/mol. The Labute approximate surface area is 336 Å². The number of hydrogen-bond acceptors (Lipinski definition) is 3. The number of aromatic nitrogens is 4. The van der Waals surface area contributed by atoms with Crippen molar-refractivity contribution in [2.24, 2.45) is 11.3 Å². The summed E-state index contributed by atoms with van der Waals surface area (Å²) in [6, 6.07) is 39.2. The van der Waals surface area contributed by atoms with E-state index in [9.17, 15) is 0 Å². The fraction of sp³-hybridized carbons (Fsp3) is 0.333. The van der Waals surface area contributed by atoms with Crippen LogP contribution < -0.4 is 4.74 Å². The van der Waals surface area contributed by atoms with Crippen molar-refractivity contribution < 1.29 is 25.8 Å². The van der Waals surface area contributed by atoms with E-state index in [0.29, 0.717) is 23.3 Å². The van der Waals surface area contributed by atoms with Gasteiger partial charge in [-0.1, -0.05) is 117 Å². The van der Waals surface area contributed by atoms with Crippen molar-refractivity contribution in [3.63, 3.8) is 0 Å². The van der Waals surface area contributed by atoms with Crippen LogP contribution in [0, 0.1) is 23.5 Å². The Kier molecular flexibility index (Phi) is 11.1. The average Bonchev–Trinajstić information content (AvgIpc) is 3.69. The molecule has 2 unspecified atom stereocenters. The Hall–Kier alpha value is -4.47. The third-order valence-corrected chi connectivity index (χ3v) is 11.1. The topological polar surface area (TPSA) is 44.9 Å². The van der Waals surface area contributed by atoms with Gasteiger partial charge in [0.2, 0.25) is 0 Å². The summed E-state index contributed by atoms with van der Waals surface area (Å²) in [7, 11) is 0. The van der Waals surface area contributed by atoms with Gasteiger partial charge in [-0.25, -0.2) is 4.98 Å². The first kappa shape index (κ1) is 39.2. The average molecular weight is 896 g/mol. The van der Waals surface area contributed by atoms with Crippen LogP contribution in [-0.2, 0) is 39.3 Å². The molecule has 0 saturated heterocycles. The van der Waals surface area contributed by atoms with Crippen molar-refractivity contribution in [1.82, 2.24) is 19.3 Å². The van der Waals surface area contributed by atoms with Crippen molar-refractivity contribution in [3.05, 3.63) is 132 Å². The number of fused-ring (bicyclic) bond motifs is 3. The largest absolute Gasteiger partial charge is 2.00 e. The SMILES string of the molecule is CCc1nn(-c2[c-]c(Oc3[c-]c4c(cc3)c3cc(C(C)C(C)C(C)(C)C)ccc3n4-c3cc(C(C)(C)C)ccn3)ccc2)c(CC)c1-c1ccccc1.[Pt+2]. The first-order valence-electron chi connectivity index (χ1n) is 19.1. The number of nitrogens with zero attached hydrogens (tertiary/aromatic N) is 4. The zero-order chi connectivity index (χ0) is 37.7. The fourth-order valence-electron chi connectivity index (χ4n) is 7.52. The molecule has 5 nitrogen and oxygen atoms in total. The van der Waals surface area contributed by atoms with E-state index < -0.39 is 0 Å². The Balaban J connectivity index is 0.00000497. The van der Waals surface area contributed by atoms with Gasteiger partial charge < -0.3 is 9.30 Å². The number of pyridine rings is 1. The maximum Gasteiger partial charge on any atom is 2.00 e. The summed E-state index contributed by atoms with van der Waals surface area (Å²) >= 11 is 0. The van der Waals surface area contributed by atoms with Gasteiger partial charge in [-0.2, -0.15) is 17.2 Å². The Morgan fingerprint density at radius 3 is 2.19 bits per heavy atom. The Bertz CT molecular complexity index is 2410. The Morgan fingerprint density at radius 2 is 1.50 bits per heavy atom. The molecule has 0 fully saturated rings. The summed E-state index contributed by atoms with van der Waals surface area (Å²) in [6.07, 6.45) is 3.60.